The zero-order valence-electron chi connectivity index (χ0n) is 11.7. The van der Waals surface area contributed by atoms with Gasteiger partial charge in [0.2, 0.25) is 0 Å². The first-order valence-corrected chi connectivity index (χ1v) is 7.28. The van der Waals surface area contributed by atoms with E-state index in [1.165, 1.54) is 6.42 Å². The minimum Gasteiger partial charge on any atom is -0.377 e. The number of piperidine rings is 1. The summed E-state index contributed by atoms with van der Waals surface area (Å²) in [6.07, 6.45) is 2.68. The van der Waals surface area contributed by atoms with Gasteiger partial charge < -0.3 is 10.1 Å². The monoisotopic (exact) mass is 283 g/mol. The van der Waals surface area contributed by atoms with Crippen molar-refractivity contribution in [3.8, 4) is 0 Å². The predicted molar refractivity (Wildman–Crippen MR) is 78.7 cm³/mol. The Morgan fingerprint density at radius 1 is 1.53 bits per heavy atom. The van der Waals surface area contributed by atoms with E-state index in [0.717, 1.165) is 49.2 Å². The number of aromatic nitrogens is 1. The van der Waals surface area contributed by atoms with Crippen molar-refractivity contribution in [2.75, 3.05) is 32.1 Å². The molecule has 1 aliphatic heterocycles. The fourth-order valence-electron chi connectivity index (χ4n) is 2.47. The molecule has 1 atom stereocenters. The number of halogens is 1. The number of nitrogens with zero attached hydrogens (tertiary/aromatic N) is 2. The van der Waals surface area contributed by atoms with Crippen molar-refractivity contribution >= 4 is 17.4 Å². The number of rotatable bonds is 5. The minimum atomic E-state index is 0.352. The summed E-state index contributed by atoms with van der Waals surface area (Å²) in [6.45, 7) is 5.68. The molecule has 2 rings (SSSR count). The van der Waals surface area contributed by atoms with Crippen LogP contribution < -0.4 is 5.32 Å². The maximum atomic E-state index is 6.22. The van der Waals surface area contributed by atoms with Gasteiger partial charge in [0.25, 0.3) is 0 Å². The van der Waals surface area contributed by atoms with E-state index in [1.807, 2.05) is 26.1 Å². The van der Waals surface area contributed by atoms with Crippen molar-refractivity contribution in [1.82, 2.24) is 9.88 Å². The molecule has 1 fully saturated rings. The zero-order chi connectivity index (χ0) is 13.7. The van der Waals surface area contributed by atoms with Crippen molar-refractivity contribution in [1.29, 1.82) is 0 Å². The van der Waals surface area contributed by atoms with Crippen LogP contribution in [0.15, 0.2) is 12.1 Å². The second kappa shape index (κ2) is 7.08. The summed E-state index contributed by atoms with van der Waals surface area (Å²) in [4.78, 5) is 6.90. The molecule has 0 amide bonds. The van der Waals surface area contributed by atoms with Gasteiger partial charge >= 0.3 is 0 Å². The van der Waals surface area contributed by atoms with Crippen molar-refractivity contribution < 1.29 is 4.74 Å². The van der Waals surface area contributed by atoms with Gasteiger partial charge in [0.05, 0.1) is 16.8 Å². The molecule has 1 aromatic rings. The average Bonchev–Trinajstić information content (AvgIpc) is 2.42. The largest absolute Gasteiger partial charge is 0.377 e. The molecule has 4 nitrogen and oxygen atoms in total. The third kappa shape index (κ3) is 4.06. The van der Waals surface area contributed by atoms with E-state index in [-0.39, 0.29) is 0 Å². The molecule has 1 unspecified atom stereocenters. The van der Waals surface area contributed by atoms with E-state index >= 15 is 0 Å². The Labute approximate surface area is 120 Å². The Hall–Kier alpha value is -0.840. The topological polar surface area (TPSA) is 37.4 Å². The van der Waals surface area contributed by atoms with Crippen LogP contribution in [0, 0.1) is 0 Å². The van der Waals surface area contributed by atoms with E-state index in [1.54, 1.807) is 0 Å². The molecule has 0 radical (unpaired) electrons. The molecule has 1 saturated heterocycles. The first-order chi connectivity index (χ1) is 9.22. The molecule has 19 heavy (non-hydrogen) atoms. The Morgan fingerprint density at radius 3 is 3.11 bits per heavy atom. The van der Waals surface area contributed by atoms with E-state index in [9.17, 15) is 0 Å². The Kier molecular flexibility index (Phi) is 5.43. The van der Waals surface area contributed by atoms with Crippen molar-refractivity contribution in [2.45, 2.75) is 32.4 Å². The van der Waals surface area contributed by atoms with Gasteiger partial charge in [-0.1, -0.05) is 11.6 Å². The molecule has 0 bridgehead atoms. The van der Waals surface area contributed by atoms with Crippen LogP contribution in [0.2, 0.25) is 5.02 Å². The Morgan fingerprint density at radius 2 is 2.37 bits per heavy atom. The first-order valence-electron chi connectivity index (χ1n) is 6.90. The van der Waals surface area contributed by atoms with Crippen LogP contribution in [0.1, 0.15) is 25.5 Å². The molecule has 0 spiro atoms. The second-order valence-electron chi connectivity index (χ2n) is 4.83. The molecule has 0 aromatic carbocycles. The third-order valence-corrected chi connectivity index (χ3v) is 3.76. The van der Waals surface area contributed by atoms with Crippen molar-refractivity contribution in [3.05, 3.63) is 22.8 Å². The summed E-state index contributed by atoms with van der Waals surface area (Å²) in [6, 6.07) is 3.80. The van der Waals surface area contributed by atoms with Crippen LogP contribution in [-0.2, 0) is 11.3 Å². The minimum absolute atomic E-state index is 0.352. The van der Waals surface area contributed by atoms with Crippen molar-refractivity contribution in [3.63, 3.8) is 0 Å². The molecule has 0 aliphatic carbocycles. The van der Waals surface area contributed by atoms with Crippen LogP contribution >= 0.6 is 11.6 Å². The number of ether oxygens (including phenoxy) is 1. The number of nitrogens with one attached hydrogen (secondary N) is 1. The second-order valence-corrected chi connectivity index (χ2v) is 5.24. The van der Waals surface area contributed by atoms with Gasteiger partial charge in [0.1, 0.15) is 5.82 Å². The highest BCUT2D eigenvalue weighted by molar-refractivity contribution is 6.31. The summed E-state index contributed by atoms with van der Waals surface area (Å²) in [5.74, 6) is 0.859. The lowest BCUT2D eigenvalue weighted by molar-refractivity contribution is 0.00333. The summed E-state index contributed by atoms with van der Waals surface area (Å²) in [5.41, 5.74) is 0.936. The van der Waals surface area contributed by atoms with Gasteiger partial charge in [0, 0.05) is 26.7 Å². The normalized spacial score (nSPS) is 20.5. The van der Waals surface area contributed by atoms with Crippen LogP contribution in [0.4, 0.5) is 5.82 Å². The molecule has 1 aromatic heterocycles. The molecule has 1 aliphatic rings. The molecule has 1 N–H and O–H groups in total. The van der Waals surface area contributed by atoms with Gasteiger partial charge in [-0.3, -0.25) is 4.90 Å². The quantitative estimate of drug-likeness (QED) is 0.902. The van der Waals surface area contributed by atoms with Gasteiger partial charge in [-0.25, -0.2) is 4.98 Å². The SMILES string of the molecule is CCOC1CCCN(Cc2nc(NC)ccc2Cl)C1. The highest BCUT2D eigenvalue weighted by Crippen LogP contribution is 2.21. The predicted octanol–water partition coefficient (Wildman–Crippen LogP) is 2.78. The standard InChI is InChI=1S/C14H22ClN3O/c1-3-19-11-5-4-8-18(9-11)10-13-12(15)6-7-14(16-2)17-13/h6-7,11H,3-5,8-10H2,1-2H3,(H,16,17). The number of anilines is 1. The first kappa shape index (κ1) is 14.6. The van der Waals surface area contributed by atoms with Gasteiger partial charge in [-0.05, 0) is 38.4 Å². The Bertz CT molecular complexity index is 412. The van der Waals surface area contributed by atoms with Gasteiger partial charge in [-0.2, -0.15) is 0 Å². The fraction of sp³-hybridized carbons (Fsp3) is 0.643. The highest BCUT2D eigenvalue weighted by Gasteiger charge is 2.21. The summed E-state index contributed by atoms with van der Waals surface area (Å²) >= 11 is 6.22. The Balaban J connectivity index is 2.00. The summed E-state index contributed by atoms with van der Waals surface area (Å²) < 4.78 is 5.72. The van der Waals surface area contributed by atoms with Crippen LogP contribution in [0.3, 0.4) is 0 Å². The van der Waals surface area contributed by atoms with Crippen LogP contribution in [0.25, 0.3) is 0 Å². The summed E-state index contributed by atoms with van der Waals surface area (Å²) in [5, 5.41) is 3.78. The lowest BCUT2D eigenvalue weighted by Crippen LogP contribution is -2.39. The smallest absolute Gasteiger partial charge is 0.126 e. The molecule has 106 valence electrons. The number of hydrogen-bond acceptors (Lipinski definition) is 4. The highest BCUT2D eigenvalue weighted by atomic mass is 35.5. The number of hydrogen-bond donors (Lipinski definition) is 1. The van der Waals surface area contributed by atoms with E-state index in [2.05, 4.69) is 15.2 Å². The lowest BCUT2D eigenvalue weighted by atomic mass is 10.1. The lowest BCUT2D eigenvalue weighted by Gasteiger charge is -2.32. The average molecular weight is 284 g/mol. The maximum absolute atomic E-state index is 6.22. The van der Waals surface area contributed by atoms with Crippen LogP contribution in [-0.4, -0.2) is 42.7 Å². The van der Waals surface area contributed by atoms with E-state index in [0.29, 0.717) is 6.10 Å². The fourth-order valence-corrected chi connectivity index (χ4v) is 2.64. The molecule has 2 heterocycles. The number of pyridine rings is 1. The van der Waals surface area contributed by atoms with Gasteiger partial charge in [-0.15, -0.1) is 0 Å². The van der Waals surface area contributed by atoms with E-state index < -0.39 is 0 Å². The van der Waals surface area contributed by atoms with Crippen LogP contribution in [0.5, 0.6) is 0 Å². The van der Waals surface area contributed by atoms with Crippen molar-refractivity contribution in [2.24, 2.45) is 0 Å². The van der Waals surface area contributed by atoms with Gasteiger partial charge in [0.15, 0.2) is 0 Å². The maximum Gasteiger partial charge on any atom is 0.126 e. The molecule has 0 saturated carbocycles. The third-order valence-electron chi connectivity index (χ3n) is 3.41. The molecular formula is C14H22ClN3O. The number of likely N-dealkylation sites (tertiary alicyclic amines) is 1. The summed E-state index contributed by atoms with van der Waals surface area (Å²) in [7, 11) is 1.87. The van der Waals surface area contributed by atoms with E-state index in [4.69, 9.17) is 16.3 Å². The molecule has 5 heteroatoms. The zero-order valence-corrected chi connectivity index (χ0v) is 12.4. The molecular weight excluding hydrogens is 262 g/mol.